The van der Waals surface area contributed by atoms with E-state index in [2.05, 4.69) is 167 Å². The van der Waals surface area contributed by atoms with Crippen LogP contribution in [0.5, 0.6) is 0 Å². The molecule has 12 aromatic rings. The molecule has 0 aliphatic heterocycles. The molecular weight excluding hydrogens is 697 g/mol. The molecule has 0 N–H and O–H groups in total. The summed E-state index contributed by atoms with van der Waals surface area (Å²) >= 11 is 0. The van der Waals surface area contributed by atoms with Gasteiger partial charge in [0, 0.05) is 60.8 Å². The summed E-state index contributed by atoms with van der Waals surface area (Å²) in [5, 5.41) is 6.98. The predicted molar refractivity (Wildman–Crippen MR) is 234 cm³/mol. The molecular formula is C52H32N4O. The minimum Gasteiger partial charge on any atom is -0.456 e. The minimum absolute atomic E-state index is 0.654. The van der Waals surface area contributed by atoms with Gasteiger partial charge in [0.25, 0.3) is 0 Å². The molecule has 0 amide bonds. The number of benzene rings is 8. The van der Waals surface area contributed by atoms with Crippen molar-refractivity contribution in [3.05, 3.63) is 194 Å². The maximum Gasteiger partial charge on any atom is 0.160 e. The fraction of sp³-hybridized carbons (Fsp3) is 0. The van der Waals surface area contributed by atoms with Gasteiger partial charge in [-0.15, -0.1) is 0 Å². The second kappa shape index (κ2) is 12.4. The van der Waals surface area contributed by atoms with Gasteiger partial charge in [0.2, 0.25) is 0 Å². The number of nitrogens with zero attached hydrogens (tertiary/aromatic N) is 4. The summed E-state index contributed by atoms with van der Waals surface area (Å²) in [6.07, 6.45) is 0. The number of hydrogen-bond donors (Lipinski definition) is 0. The van der Waals surface area contributed by atoms with Crippen molar-refractivity contribution in [1.29, 1.82) is 0 Å². The van der Waals surface area contributed by atoms with Gasteiger partial charge in [0.15, 0.2) is 5.82 Å². The van der Waals surface area contributed by atoms with E-state index in [-0.39, 0.29) is 0 Å². The molecule has 0 bridgehead atoms. The molecule has 57 heavy (non-hydrogen) atoms. The molecule has 0 spiro atoms. The number of fused-ring (bicyclic) bond motifs is 10. The van der Waals surface area contributed by atoms with E-state index in [1.807, 2.05) is 36.4 Å². The quantitative estimate of drug-likeness (QED) is 0.177. The van der Waals surface area contributed by atoms with E-state index < -0.39 is 0 Å². The summed E-state index contributed by atoms with van der Waals surface area (Å²) in [6, 6.07) is 68.3. The van der Waals surface area contributed by atoms with Crippen molar-refractivity contribution >= 4 is 65.6 Å². The van der Waals surface area contributed by atoms with Crippen LogP contribution >= 0.6 is 0 Å². The lowest BCUT2D eigenvalue weighted by molar-refractivity contribution is 0.668. The third-order valence-corrected chi connectivity index (χ3v) is 11.3. The van der Waals surface area contributed by atoms with Crippen LogP contribution in [0.15, 0.2) is 199 Å². The molecule has 0 atom stereocenters. The molecule has 0 unspecified atom stereocenters. The fourth-order valence-electron chi connectivity index (χ4n) is 8.75. The van der Waals surface area contributed by atoms with Crippen LogP contribution in [0.3, 0.4) is 0 Å². The average Bonchev–Trinajstić information content (AvgIpc) is 3.94. The van der Waals surface area contributed by atoms with Crippen LogP contribution in [0.1, 0.15) is 0 Å². The van der Waals surface area contributed by atoms with Gasteiger partial charge in [-0.05, 0) is 54.6 Å². The van der Waals surface area contributed by atoms with E-state index in [0.29, 0.717) is 5.82 Å². The van der Waals surface area contributed by atoms with Crippen molar-refractivity contribution in [2.24, 2.45) is 0 Å². The Bertz CT molecular complexity index is 3450. The van der Waals surface area contributed by atoms with Gasteiger partial charge >= 0.3 is 0 Å². The van der Waals surface area contributed by atoms with Crippen molar-refractivity contribution in [3.8, 4) is 45.3 Å². The Morgan fingerprint density at radius 2 is 0.807 bits per heavy atom. The van der Waals surface area contributed by atoms with E-state index in [1.165, 1.54) is 32.6 Å². The zero-order valence-electron chi connectivity index (χ0n) is 30.7. The van der Waals surface area contributed by atoms with E-state index >= 15 is 0 Å². The highest BCUT2D eigenvalue weighted by atomic mass is 16.3. The second-order valence-corrected chi connectivity index (χ2v) is 14.6. The van der Waals surface area contributed by atoms with Crippen LogP contribution in [-0.2, 0) is 0 Å². The average molecular weight is 729 g/mol. The van der Waals surface area contributed by atoms with Crippen LogP contribution in [0.25, 0.3) is 111 Å². The summed E-state index contributed by atoms with van der Waals surface area (Å²) in [4.78, 5) is 10.2. The van der Waals surface area contributed by atoms with E-state index in [9.17, 15) is 0 Å². The van der Waals surface area contributed by atoms with E-state index in [0.717, 1.165) is 72.4 Å². The van der Waals surface area contributed by atoms with Crippen molar-refractivity contribution in [2.45, 2.75) is 0 Å². The number of furan rings is 1. The maximum absolute atomic E-state index is 6.76. The van der Waals surface area contributed by atoms with Crippen LogP contribution in [0.2, 0.25) is 0 Å². The molecule has 0 aliphatic carbocycles. The molecule has 4 aromatic heterocycles. The highest BCUT2D eigenvalue weighted by molar-refractivity contribution is 6.24. The lowest BCUT2D eigenvalue weighted by Gasteiger charge is -2.12. The Morgan fingerprint density at radius 1 is 0.333 bits per heavy atom. The van der Waals surface area contributed by atoms with Crippen molar-refractivity contribution in [1.82, 2.24) is 19.1 Å². The van der Waals surface area contributed by atoms with Crippen LogP contribution in [-0.4, -0.2) is 19.1 Å². The second-order valence-electron chi connectivity index (χ2n) is 14.6. The Labute approximate surface area is 327 Å². The molecule has 0 fully saturated rings. The summed E-state index contributed by atoms with van der Waals surface area (Å²) < 4.78 is 11.6. The molecule has 12 rings (SSSR count). The smallest absolute Gasteiger partial charge is 0.160 e. The van der Waals surface area contributed by atoms with Crippen LogP contribution in [0.4, 0.5) is 0 Å². The maximum atomic E-state index is 6.76. The first-order valence-electron chi connectivity index (χ1n) is 19.2. The van der Waals surface area contributed by atoms with Crippen molar-refractivity contribution in [2.75, 3.05) is 0 Å². The van der Waals surface area contributed by atoms with E-state index in [4.69, 9.17) is 14.4 Å². The zero-order chi connectivity index (χ0) is 37.5. The van der Waals surface area contributed by atoms with Gasteiger partial charge in [-0.1, -0.05) is 133 Å². The molecule has 8 aromatic carbocycles. The van der Waals surface area contributed by atoms with E-state index in [1.54, 1.807) is 0 Å². The molecule has 4 heterocycles. The third kappa shape index (κ3) is 4.89. The molecule has 0 saturated carbocycles. The van der Waals surface area contributed by atoms with Gasteiger partial charge in [-0.25, -0.2) is 9.97 Å². The van der Waals surface area contributed by atoms with Crippen LogP contribution in [0, 0.1) is 0 Å². The standard InChI is InChI=1S/C52H32N4O/c1-4-14-33(15-5-1)44-32-45(34-16-6-2-7-17-34)54-52(53-44)35-24-26-40-41-27-25-37(31-49(41)57-48(40)30-35)56-47-23-13-11-21-39(47)43-29-28-42-38-20-10-12-22-46(38)55(50(42)51(43)56)36-18-8-3-9-19-36/h1-32H. The Balaban J connectivity index is 1.07. The van der Waals surface area contributed by atoms with Gasteiger partial charge in [0.1, 0.15) is 11.2 Å². The Morgan fingerprint density at radius 3 is 1.40 bits per heavy atom. The first-order chi connectivity index (χ1) is 28.3. The number of rotatable bonds is 5. The minimum atomic E-state index is 0.654. The molecule has 5 heteroatoms. The first-order valence-corrected chi connectivity index (χ1v) is 19.2. The number of aromatic nitrogens is 4. The molecule has 0 saturated heterocycles. The largest absolute Gasteiger partial charge is 0.456 e. The normalized spacial score (nSPS) is 11.9. The summed E-state index contributed by atoms with van der Waals surface area (Å²) in [7, 11) is 0. The lowest BCUT2D eigenvalue weighted by atomic mass is 10.1. The van der Waals surface area contributed by atoms with Gasteiger partial charge in [-0.3, -0.25) is 0 Å². The Hall–Kier alpha value is -7.76. The van der Waals surface area contributed by atoms with Crippen LogP contribution < -0.4 is 0 Å². The van der Waals surface area contributed by atoms with Gasteiger partial charge < -0.3 is 13.6 Å². The monoisotopic (exact) mass is 728 g/mol. The fourth-order valence-corrected chi connectivity index (χ4v) is 8.75. The SMILES string of the molecule is c1ccc(-c2cc(-c3ccccc3)nc(-c3ccc4c(c3)oc3cc(-n5c6ccccc6c6ccc7c8ccccc8n(-c8ccccc8)c7c65)ccc34)n2)cc1. The van der Waals surface area contributed by atoms with Crippen molar-refractivity contribution in [3.63, 3.8) is 0 Å². The summed E-state index contributed by atoms with van der Waals surface area (Å²) in [5.74, 6) is 0.654. The topological polar surface area (TPSA) is 48.8 Å². The van der Waals surface area contributed by atoms with Gasteiger partial charge in [-0.2, -0.15) is 0 Å². The zero-order valence-corrected chi connectivity index (χ0v) is 30.7. The number of hydrogen-bond acceptors (Lipinski definition) is 3. The molecule has 5 nitrogen and oxygen atoms in total. The Kier molecular flexibility index (Phi) is 6.86. The highest BCUT2D eigenvalue weighted by Crippen LogP contribution is 2.42. The predicted octanol–water partition coefficient (Wildman–Crippen LogP) is 13.6. The first kappa shape index (κ1) is 31.6. The summed E-state index contributed by atoms with van der Waals surface area (Å²) in [5.41, 5.74) is 13.2. The van der Waals surface area contributed by atoms with Gasteiger partial charge in [0.05, 0.1) is 39.1 Å². The third-order valence-electron chi connectivity index (χ3n) is 11.3. The molecule has 266 valence electrons. The highest BCUT2D eigenvalue weighted by Gasteiger charge is 2.22. The summed E-state index contributed by atoms with van der Waals surface area (Å²) in [6.45, 7) is 0. The molecule has 0 aliphatic rings. The van der Waals surface area contributed by atoms with Crippen molar-refractivity contribution < 1.29 is 4.42 Å². The number of para-hydroxylation sites is 3. The lowest BCUT2D eigenvalue weighted by Crippen LogP contribution is -1.98. The molecule has 0 radical (unpaired) electrons.